The third-order valence-corrected chi connectivity index (χ3v) is 3.40. The zero-order valence-electron chi connectivity index (χ0n) is 10.9. The van der Waals surface area contributed by atoms with Crippen molar-refractivity contribution in [3.63, 3.8) is 0 Å². The number of benzene rings is 1. The summed E-state index contributed by atoms with van der Waals surface area (Å²) in [6, 6.07) is 10.9. The highest BCUT2D eigenvalue weighted by Crippen LogP contribution is 2.13. The van der Waals surface area contributed by atoms with Crippen LogP contribution in [0, 0.1) is 0 Å². The minimum Gasteiger partial charge on any atom is -0.491 e. The number of amides is 1. The van der Waals surface area contributed by atoms with Gasteiger partial charge in [-0.25, -0.2) is 5.84 Å². The number of nitrogens with one attached hydrogen (secondary N) is 1. The van der Waals surface area contributed by atoms with E-state index in [1.54, 1.807) is 35.6 Å². The van der Waals surface area contributed by atoms with Gasteiger partial charge >= 0.3 is 0 Å². The highest BCUT2D eigenvalue weighted by Gasteiger charge is 2.04. The van der Waals surface area contributed by atoms with Crippen molar-refractivity contribution in [1.82, 2.24) is 5.43 Å². The summed E-state index contributed by atoms with van der Waals surface area (Å²) in [7, 11) is 0. The summed E-state index contributed by atoms with van der Waals surface area (Å²) in [5, 5.41) is 2.02. The van der Waals surface area contributed by atoms with Crippen molar-refractivity contribution >= 4 is 17.2 Å². The molecule has 1 aromatic carbocycles. The van der Waals surface area contributed by atoms with Crippen LogP contribution in [0.4, 0.5) is 0 Å². The fourth-order valence-corrected chi connectivity index (χ4v) is 2.24. The number of hydrazine groups is 1. The Morgan fingerprint density at radius 2 is 2.15 bits per heavy atom. The Labute approximate surface area is 121 Å². The normalized spacial score (nSPS) is 10.2. The molecule has 2 aromatic rings. The summed E-state index contributed by atoms with van der Waals surface area (Å²) in [6.45, 7) is 1.51. The van der Waals surface area contributed by atoms with Crippen molar-refractivity contribution in [3.8, 4) is 5.75 Å². The van der Waals surface area contributed by atoms with Crippen molar-refractivity contribution in [1.29, 1.82) is 0 Å². The predicted octanol–water partition coefficient (Wildman–Crippen LogP) is 1.95. The summed E-state index contributed by atoms with van der Waals surface area (Å²) < 4.78 is 11.0. The van der Waals surface area contributed by atoms with E-state index in [0.29, 0.717) is 31.1 Å². The second-order valence-electron chi connectivity index (χ2n) is 3.98. The Kier molecular flexibility index (Phi) is 5.55. The third kappa shape index (κ3) is 4.34. The maximum atomic E-state index is 11.4. The van der Waals surface area contributed by atoms with Gasteiger partial charge in [-0.2, -0.15) is 0 Å². The Morgan fingerprint density at radius 3 is 2.90 bits per heavy atom. The number of nitrogen functional groups attached to an aromatic ring is 1. The van der Waals surface area contributed by atoms with E-state index in [0.717, 1.165) is 0 Å². The molecule has 106 valence electrons. The molecule has 0 atom stereocenters. The quantitative estimate of drug-likeness (QED) is 0.354. The highest BCUT2D eigenvalue weighted by atomic mass is 32.1. The standard InChI is InChI=1S/C14H16N2O3S/c15-16-14(17)11-3-1-4-12(9-11)19-7-6-18-10-13-5-2-8-20-13/h1-5,8-9H,6-7,10,15H2,(H,16,17). The molecule has 6 heteroatoms. The Balaban J connectivity index is 1.72. The van der Waals surface area contributed by atoms with Crippen LogP contribution in [0.3, 0.4) is 0 Å². The van der Waals surface area contributed by atoms with Gasteiger partial charge in [-0.1, -0.05) is 12.1 Å². The lowest BCUT2D eigenvalue weighted by atomic mass is 10.2. The van der Waals surface area contributed by atoms with Crippen LogP contribution in [0.2, 0.25) is 0 Å². The lowest BCUT2D eigenvalue weighted by Gasteiger charge is -2.08. The zero-order valence-corrected chi connectivity index (χ0v) is 11.7. The van der Waals surface area contributed by atoms with Gasteiger partial charge in [0.05, 0.1) is 13.2 Å². The largest absolute Gasteiger partial charge is 0.491 e. The van der Waals surface area contributed by atoms with Gasteiger partial charge in [-0.3, -0.25) is 10.2 Å². The number of hydrogen-bond donors (Lipinski definition) is 2. The van der Waals surface area contributed by atoms with E-state index in [9.17, 15) is 4.79 Å². The second kappa shape index (κ2) is 7.64. The fraction of sp³-hybridized carbons (Fsp3) is 0.214. The smallest absolute Gasteiger partial charge is 0.265 e. The van der Waals surface area contributed by atoms with Gasteiger partial charge in [0, 0.05) is 10.4 Å². The summed E-state index contributed by atoms with van der Waals surface area (Å²) >= 11 is 1.66. The molecule has 3 N–H and O–H groups in total. The summed E-state index contributed by atoms with van der Waals surface area (Å²) in [4.78, 5) is 12.5. The molecule has 2 rings (SSSR count). The number of nitrogens with two attached hydrogens (primary N) is 1. The van der Waals surface area contributed by atoms with Crippen LogP contribution in [0.1, 0.15) is 15.2 Å². The number of thiophene rings is 1. The van der Waals surface area contributed by atoms with Gasteiger partial charge in [0.15, 0.2) is 0 Å². The molecule has 1 amide bonds. The molecule has 0 fully saturated rings. The van der Waals surface area contributed by atoms with E-state index < -0.39 is 0 Å². The van der Waals surface area contributed by atoms with Gasteiger partial charge in [-0.15, -0.1) is 11.3 Å². The first-order chi connectivity index (χ1) is 9.79. The summed E-state index contributed by atoms with van der Waals surface area (Å²) in [6.07, 6.45) is 0. The van der Waals surface area contributed by atoms with Crippen molar-refractivity contribution in [2.24, 2.45) is 5.84 Å². The van der Waals surface area contributed by atoms with Gasteiger partial charge in [0.2, 0.25) is 0 Å². The van der Waals surface area contributed by atoms with Gasteiger partial charge < -0.3 is 9.47 Å². The van der Waals surface area contributed by atoms with E-state index in [1.165, 1.54) is 4.88 Å². The topological polar surface area (TPSA) is 73.6 Å². The lowest BCUT2D eigenvalue weighted by molar-refractivity contribution is 0.0902. The third-order valence-electron chi connectivity index (χ3n) is 2.55. The molecular weight excluding hydrogens is 276 g/mol. The molecule has 1 heterocycles. The molecule has 0 aliphatic carbocycles. The van der Waals surface area contributed by atoms with Crippen molar-refractivity contribution < 1.29 is 14.3 Å². The SMILES string of the molecule is NNC(=O)c1cccc(OCCOCc2cccs2)c1. The molecule has 0 aliphatic heterocycles. The Bertz CT molecular complexity index is 543. The molecular formula is C14H16N2O3S. The molecule has 20 heavy (non-hydrogen) atoms. The first kappa shape index (κ1) is 14.5. The molecule has 0 spiro atoms. The lowest BCUT2D eigenvalue weighted by Crippen LogP contribution is -2.29. The molecule has 1 aromatic heterocycles. The molecule has 0 radical (unpaired) electrons. The minimum atomic E-state index is -0.343. The average molecular weight is 292 g/mol. The van der Waals surface area contributed by atoms with E-state index in [1.807, 2.05) is 17.5 Å². The first-order valence-electron chi connectivity index (χ1n) is 6.13. The zero-order chi connectivity index (χ0) is 14.2. The number of rotatable bonds is 7. The number of ether oxygens (including phenoxy) is 2. The Morgan fingerprint density at radius 1 is 1.25 bits per heavy atom. The summed E-state index contributed by atoms with van der Waals surface area (Å²) in [5.74, 6) is 5.35. The Hall–Kier alpha value is -1.89. The average Bonchev–Trinajstić information content (AvgIpc) is 2.99. The van der Waals surface area contributed by atoms with E-state index in [4.69, 9.17) is 15.3 Å². The first-order valence-corrected chi connectivity index (χ1v) is 7.01. The monoisotopic (exact) mass is 292 g/mol. The van der Waals surface area contributed by atoms with Crippen LogP contribution < -0.4 is 16.0 Å². The molecule has 0 unspecified atom stereocenters. The second-order valence-corrected chi connectivity index (χ2v) is 5.01. The van der Waals surface area contributed by atoms with Gasteiger partial charge in [0.1, 0.15) is 12.4 Å². The number of carbonyl (C=O) groups is 1. The van der Waals surface area contributed by atoms with Crippen LogP contribution >= 0.6 is 11.3 Å². The molecule has 0 saturated carbocycles. The van der Waals surface area contributed by atoms with Crippen LogP contribution in [0.5, 0.6) is 5.75 Å². The van der Waals surface area contributed by atoms with E-state index in [-0.39, 0.29) is 5.91 Å². The van der Waals surface area contributed by atoms with Crippen LogP contribution in [0.15, 0.2) is 41.8 Å². The van der Waals surface area contributed by atoms with Gasteiger partial charge in [0.25, 0.3) is 5.91 Å². The minimum absolute atomic E-state index is 0.343. The highest BCUT2D eigenvalue weighted by molar-refractivity contribution is 7.09. The summed E-state index contributed by atoms with van der Waals surface area (Å²) in [5.41, 5.74) is 2.54. The van der Waals surface area contributed by atoms with Crippen LogP contribution in [-0.4, -0.2) is 19.1 Å². The molecule has 0 bridgehead atoms. The maximum Gasteiger partial charge on any atom is 0.265 e. The van der Waals surface area contributed by atoms with Crippen LogP contribution in [0.25, 0.3) is 0 Å². The predicted molar refractivity (Wildman–Crippen MR) is 77.6 cm³/mol. The van der Waals surface area contributed by atoms with Gasteiger partial charge in [-0.05, 0) is 29.6 Å². The molecule has 0 aliphatic rings. The van der Waals surface area contributed by atoms with Crippen molar-refractivity contribution in [2.75, 3.05) is 13.2 Å². The number of carbonyl (C=O) groups excluding carboxylic acids is 1. The van der Waals surface area contributed by atoms with Crippen LogP contribution in [-0.2, 0) is 11.3 Å². The van der Waals surface area contributed by atoms with Crippen molar-refractivity contribution in [2.45, 2.75) is 6.61 Å². The van der Waals surface area contributed by atoms with E-state index in [2.05, 4.69) is 5.43 Å². The molecule has 5 nitrogen and oxygen atoms in total. The fourth-order valence-electron chi connectivity index (χ4n) is 1.60. The maximum absolute atomic E-state index is 11.4. The molecule has 0 saturated heterocycles. The van der Waals surface area contributed by atoms with Crippen molar-refractivity contribution in [3.05, 3.63) is 52.2 Å². The van der Waals surface area contributed by atoms with E-state index >= 15 is 0 Å². The number of hydrogen-bond acceptors (Lipinski definition) is 5.